The third-order valence-corrected chi connectivity index (χ3v) is 8.43. The quantitative estimate of drug-likeness (QED) is 0.428. The van der Waals surface area contributed by atoms with Gasteiger partial charge in [-0.15, -0.1) is 0 Å². The van der Waals surface area contributed by atoms with Crippen LogP contribution in [0.2, 0.25) is 5.02 Å². The molecule has 0 saturated carbocycles. The lowest BCUT2D eigenvalue weighted by atomic mass is 9.99. The molecule has 0 radical (unpaired) electrons. The van der Waals surface area contributed by atoms with E-state index in [1.165, 1.54) is 18.2 Å². The van der Waals surface area contributed by atoms with Crippen LogP contribution >= 0.6 is 11.6 Å². The molecule has 40 heavy (non-hydrogen) atoms. The molecule has 3 aliphatic heterocycles. The number of piperazine rings is 1. The van der Waals surface area contributed by atoms with E-state index in [1.54, 1.807) is 15.5 Å². The molecule has 2 aromatic carbocycles. The Hall–Kier alpha value is -3.50. The topological polar surface area (TPSA) is 70.9 Å². The van der Waals surface area contributed by atoms with Crippen LogP contribution in [-0.2, 0) is 4.79 Å². The second kappa shape index (κ2) is 10.5. The highest BCUT2D eigenvalue weighted by molar-refractivity contribution is 6.35. The highest BCUT2D eigenvalue weighted by Crippen LogP contribution is 2.47. The smallest absolute Gasteiger partial charge is 0.350 e. The molecular weight excluding hydrogens is 540 g/mol. The molecule has 4 heterocycles. The van der Waals surface area contributed by atoms with Gasteiger partial charge in [0.05, 0.1) is 16.6 Å². The molecule has 6 rings (SSSR count). The summed E-state index contributed by atoms with van der Waals surface area (Å²) in [6.07, 6.45) is 3.50. The Bertz CT molecular complexity index is 1570. The van der Waals surface area contributed by atoms with Crippen molar-refractivity contribution in [2.24, 2.45) is 0 Å². The number of nitrogens with zero attached hydrogens (tertiary/aromatic N) is 5. The van der Waals surface area contributed by atoms with Gasteiger partial charge >= 0.3 is 5.69 Å². The third kappa shape index (κ3) is 4.53. The summed E-state index contributed by atoms with van der Waals surface area (Å²) in [7, 11) is 0. The number of amides is 1. The molecule has 210 valence electrons. The van der Waals surface area contributed by atoms with Crippen molar-refractivity contribution in [1.82, 2.24) is 19.4 Å². The molecule has 11 heteroatoms. The molecular formula is C29H30ClF2N5O3. The van der Waals surface area contributed by atoms with E-state index in [0.717, 1.165) is 32.0 Å². The summed E-state index contributed by atoms with van der Waals surface area (Å²) in [6, 6.07) is 4.54. The van der Waals surface area contributed by atoms with E-state index in [-0.39, 0.29) is 46.5 Å². The Kier molecular flexibility index (Phi) is 7.00. The first-order valence-electron chi connectivity index (χ1n) is 13.5. The Morgan fingerprint density at radius 2 is 1.98 bits per heavy atom. The summed E-state index contributed by atoms with van der Waals surface area (Å²) in [5, 5.41) is 0.805. The van der Waals surface area contributed by atoms with E-state index in [1.807, 2.05) is 11.8 Å². The van der Waals surface area contributed by atoms with Crippen LogP contribution in [0.5, 0.6) is 5.75 Å². The fourth-order valence-electron chi connectivity index (χ4n) is 6.22. The molecule has 8 nitrogen and oxygen atoms in total. The van der Waals surface area contributed by atoms with Gasteiger partial charge < -0.3 is 19.4 Å². The summed E-state index contributed by atoms with van der Waals surface area (Å²) < 4.78 is 36.8. The van der Waals surface area contributed by atoms with E-state index in [9.17, 15) is 14.0 Å². The van der Waals surface area contributed by atoms with E-state index in [0.29, 0.717) is 42.9 Å². The predicted octanol–water partition coefficient (Wildman–Crippen LogP) is 4.25. The van der Waals surface area contributed by atoms with Crippen LogP contribution in [0.1, 0.15) is 25.8 Å². The Morgan fingerprint density at radius 1 is 1.20 bits per heavy atom. The summed E-state index contributed by atoms with van der Waals surface area (Å²) in [5.41, 5.74) is 0.417. The van der Waals surface area contributed by atoms with Gasteiger partial charge in [-0.3, -0.25) is 9.36 Å². The first kappa shape index (κ1) is 26.7. The van der Waals surface area contributed by atoms with Gasteiger partial charge in [-0.25, -0.2) is 13.6 Å². The summed E-state index contributed by atoms with van der Waals surface area (Å²) in [6.45, 7) is 9.58. The highest BCUT2D eigenvalue weighted by atomic mass is 35.5. The van der Waals surface area contributed by atoms with Gasteiger partial charge in [0.15, 0.2) is 5.75 Å². The normalized spacial score (nSPS) is 21.1. The Morgan fingerprint density at radius 3 is 2.67 bits per heavy atom. The van der Waals surface area contributed by atoms with Crippen LogP contribution in [0, 0.1) is 11.6 Å². The zero-order valence-corrected chi connectivity index (χ0v) is 23.0. The monoisotopic (exact) mass is 569 g/mol. The number of rotatable bonds is 5. The number of aromatic nitrogens is 2. The number of anilines is 1. The number of hydrogen-bond acceptors (Lipinski definition) is 6. The van der Waals surface area contributed by atoms with Crippen molar-refractivity contribution in [3.8, 4) is 16.9 Å². The number of carbonyl (C=O) groups is 1. The van der Waals surface area contributed by atoms with E-state index in [4.69, 9.17) is 16.3 Å². The Labute approximate surface area is 235 Å². The maximum absolute atomic E-state index is 15.0. The van der Waals surface area contributed by atoms with Gasteiger partial charge in [0.25, 0.3) is 0 Å². The van der Waals surface area contributed by atoms with Crippen LogP contribution in [0.15, 0.2) is 41.7 Å². The van der Waals surface area contributed by atoms with E-state index >= 15 is 4.39 Å². The zero-order chi connectivity index (χ0) is 28.1. The van der Waals surface area contributed by atoms with Crippen LogP contribution in [0.25, 0.3) is 22.0 Å². The number of hydrogen-bond donors (Lipinski definition) is 0. The van der Waals surface area contributed by atoms with Gasteiger partial charge in [-0.1, -0.05) is 18.2 Å². The first-order chi connectivity index (χ1) is 19.3. The van der Waals surface area contributed by atoms with Gasteiger partial charge in [0.2, 0.25) is 5.91 Å². The first-order valence-corrected chi connectivity index (χ1v) is 13.9. The van der Waals surface area contributed by atoms with Crippen molar-refractivity contribution in [3.05, 3.63) is 64.1 Å². The van der Waals surface area contributed by atoms with E-state index < -0.39 is 17.3 Å². The molecule has 3 aliphatic rings. The van der Waals surface area contributed by atoms with Crippen molar-refractivity contribution in [1.29, 1.82) is 0 Å². The molecule has 0 aliphatic carbocycles. The van der Waals surface area contributed by atoms with Crippen LogP contribution in [-0.4, -0.2) is 77.2 Å². The number of ether oxygens (including phenoxy) is 1. The summed E-state index contributed by atoms with van der Waals surface area (Å²) >= 11 is 6.81. The molecule has 1 unspecified atom stereocenters. The number of benzene rings is 2. The summed E-state index contributed by atoms with van der Waals surface area (Å²) in [4.78, 5) is 36.6. The minimum absolute atomic E-state index is 0.0866. The largest absolute Gasteiger partial charge is 0.488 e. The standard InChI is InChI=1S/C29H30ClF2N5O3/c1-3-24(38)35-10-11-36(17(2)14-35)28-21-13-22(30)25(20-7-6-18(31)12-23(20)32)27-26(21)37(29(39)33-28)19(16-40-27)15-34-8-4-5-9-34/h3,6-7,12-13,17,19H,1,4-5,8-11,14-16H2,2H3/t17-,19?/m0/s1. The molecule has 0 N–H and O–H groups in total. The minimum Gasteiger partial charge on any atom is -0.488 e. The van der Waals surface area contributed by atoms with Crippen molar-refractivity contribution in [2.45, 2.75) is 31.8 Å². The average Bonchev–Trinajstić information content (AvgIpc) is 3.44. The van der Waals surface area contributed by atoms with E-state index in [2.05, 4.69) is 16.5 Å². The molecule has 1 aromatic heterocycles. The highest BCUT2D eigenvalue weighted by Gasteiger charge is 2.35. The second-order valence-corrected chi connectivity index (χ2v) is 11.1. The SMILES string of the molecule is C=CC(=O)N1CCN(c2nc(=O)n3c4c(c(-c5ccc(F)cc5F)c(Cl)cc24)OCC3CN2CCCC2)[C@@H](C)C1. The maximum atomic E-state index is 15.0. The predicted molar refractivity (Wildman–Crippen MR) is 150 cm³/mol. The molecule has 2 saturated heterocycles. The minimum atomic E-state index is -0.778. The van der Waals surface area contributed by atoms with Crippen LogP contribution in [0.4, 0.5) is 14.6 Å². The van der Waals surface area contributed by atoms with Crippen molar-refractivity contribution < 1.29 is 18.3 Å². The zero-order valence-electron chi connectivity index (χ0n) is 22.2. The van der Waals surface area contributed by atoms with Gasteiger partial charge in [0, 0.05) is 54.8 Å². The fraction of sp³-hybridized carbons (Fsp3) is 0.414. The number of likely N-dealkylation sites (tertiary alicyclic amines) is 1. The molecule has 0 bridgehead atoms. The summed E-state index contributed by atoms with van der Waals surface area (Å²) in [5.74, 6) is -0.915. The van der Waals surface area contributed by atoms with Crippen LogP contribution in [0.3, 0.4) is 0 Å². The lowest BCUT2D eigenvalue weighted by Gasteiger charge is -2.41. The van der Waals surface area contributed by atoms with Crippen molar-refractivity contribution in [3.63, 3.8) is 0 Å². The number of carbonyl (C=O) groups excluding carboxylic acids is 1. The lowest BCUT2D eigenvalue weighted by Crippen LogP contribution is -2.54. The molecule has 0 spiro atoms. The molecule has 2 atom stereocenters. The lowest BCUT2D eigenvalue weighted by molar-refractivity contribution is -0.126. The fourth-order valence-corrected chi connectivity index (χ4v) is 6.52. The number of halogens is 3. The van der Waals surface area contributed by atoms with Gasteiger partial charge in [-0.2, -0.15) is 4.98 Å². The Balaban J connectivity index is 1.54. The van der Waals surface area contributed by atoms with Crippen molar-refractivity contribution >= 4 is 34.2 Å². The van der Waals surface area contributed by atoms with Crippen LogP contribution < -0.4 is 15.3 Å². The van der Waals surface area contributed by atoms with Gasteiger partial charge in [-0.05, 0) is 57.1 Å². The molecule has 2 fully saturated rings. The maximum Gasteiger partial charge on any atom is 0.350 e. The molecule has 3 aromatic rings. The molecule has 1 amide bonds. The van der Waals surface area contributed by atoms with Crippen molar-refractivity contribution in [2.75, 3.05) is 50.8 Å². The third-order valence-electron chi connectivity index (χ3n) is 8.14. The van der Waals surface area contributed by atoms with Gasteiger partial charge in [0.1, 0.15) is 24.1 Å². The second-order valence-electron chi connectivity index (χ2n) is 10.7. The average molecular weight is 570 g/mol.